The van der Waals surface area contributed by atoms with Crippen molar-refractivity contribution in [1.29, 1.82) is 0 Å². The predicted molar refractivity (Wildman–Crippen MR) is 123 cm³/mol. The van der Waals surface area contributed by atoms with Crippen molar-refractivity contribution in [2.24, 2.45) is 0 Å². The third kappa shape index (κ3) is 5.48. The molecule has 1 N–H and O–H groups in total. The van der Waals surface area contributed by atoms with Crippen LogP contribution in [0.4, 0.5) is 5.69 Å². The van der Waals surface area contributed by atoms with E-state index in [1.54, 1.807) is 0 Å². The summed E-state index contributed by atoms with van der Waals surface area (Å²) in [6, 6.07) is 16.0. The second-order valence-electron chi connectivity index (χ2n) is 7.72. The smallest absolute Gasteiger partial charge is 0.234 e. The van der Waals surface area contributed by atoms with Gasteiger partial charge < -0.3 is 9.88 Å². The van der Waals surface area contributed by atoms with Gasteiger partial charge in [0.1, 0.15) is 0 Å². The Labute approximate surface area is 184 Å². The average molecular weight is 473 g/mol. The molecule has 0 saturated carbocycles. The van der Waals surface area contributed by atoms with Gasteiger partial charge in [-0.15, -0.1) is 10.2 Å². The van der Waals surface area contributed by atoms with Gasteiger partial charge in [0.2, 0.25) is 5.91 Å². The van der Waals surface area contributed by atoms with Crippen LogP contribution in [0.5, 0.6) is 0 Å². The molecule has 0 unspecified atom stereocenters. The zero-order valence-electron chi connectivity index (χ0n) is 17.1. The third-order valence-corrected chi connectivity index (χ3v) is 5.94. The minimum Gasteiger partial charge on any atom is -0.325 e. The van der Waals surface area contributed by atoms with Crippen LogP contribution >= 0.6 is 27.7 Å². The van der Waals surface area contributed by atoms with Crippen molar-refractivity contribution in [2.45, 2.75) is 44.8 Å². The molecule has 0 atom stereocenters. The van der Waals surface area contributed by atoms with E-state index in [2.05, 4.69) is 83.4 Å². The number of carbonyl (C=O) groups is 1. The molecule has 1 aromatic heterocycles. The maximum absolute atomic E-state index is 12.3. The minimum absolute atomic E-state index is 0.0742. The predicted octanol–water partition coefficient (Wildman–Crippen LogP) is 5.76. The molecule has 0 aliphatic rings. The highest BCUT2D eigenvalue weighted by Crippen LogP contribution is 2.28. The first kappa shape index (κ1) is 21.6. The summed E-state index contributed by atoms with van der Waals surface area (Å²) in [5.74, 6) is 1.02. The van der Waals surface area contributed by atoms with Crippen LogP contribution in [0.3, 0.4) is 0 Å². The lowest BCUT2D eigenvalue weighted by Crippen LogP contribution is -2.14. The van der Waals surface area contributed by atoms with Crippen molar-refractivity contribution in [3.63, 3.8) is 0 Å². The number of benzene rings is 2. The number of carbonyl (C=O) groups excluding carboxylic acids is 1. The first-order chi connectivity index (χ1) is 13.8. The summed E-state index contributed by atoms with van der Waals surface area (Å²) in [6.07, 6.45) is 0. The van der Waals surface area contributed by atoms with Gasteiger partial charge in [0.25, 0.3) is 0 Å². The Balaban J connectivity index is 1.70. The quantitative estimate of drug-likeness (QED) is 0.463. The number of amides is 1. The van der Waals surface area contributed by atoms with Crippen molar-refractivity contribution in [2.75, 3.05) is 11.1 Å². The molecule has 5 nitrogen and oxygen atoms in total. The maximum atomic E-state index is 12.3. The maximum Gasteiger partial charge on any atom is 0.234 e. The van der Waals surface area contributed by atoms with E-state index in [0.717, 1.165) is 33.2 Å². The number of nitrogens with zero attached hydrogens (tertiary/aromatic N) is 3. The lowest BCUT2D eigenvalue weighted by molar-refractivity contribution is -0.113. The number of rotatable bonds is 6. The van der Waals surface area contributed by atoms with Crippen molar-refractivity contribution in [3.8, 4) is 11.4 Å². The molecule has 3 rings (SSSR count). The van der Waals surface area contributed by atoms with E-state index in [1.165, 1.54) is 17.3 Å². The van der Waals surface area contributed by atoms with Gasteiger partial charge in [-0.2, -0.15) is 0 Å². The van der Waals surface area contributed by atoms with Crippen molar-refractivity contribution < 1.29 is 4.79 Å². The molecule has 0 fully saturated rings. The van der Waals surface area contributed by atoms with Gasteiger partial charge in [0.15, 0.2) is 11.0 Å². The molecule has 152 valence electrons. The highest BCUT2D eigenvalue weighted by atomic mass is 79.9. The molecule has 3 aromatic rings. The van der Waals surface area contributed by atoms with Gasteiger partial charge in [-0.3, -0.25) is 4.79 Å². The van der Waals surface area contributed by atoms with Crippen LogP contribution < -0.4 is 5.32 Å². The first-order valence-corrected chi connectivity index (χ1v) is 11.3. The van der Waals surface area contributed by atoms with E-state index in [4.69, 9.17) is 0 Å². The number of aromatic nitrogens is 3. The molecule has 0 aliphatic carbocycles. The highest BCUT2D eigenvalue weighted by Gasteiger charge is 2.17. The summed E-state index contributed by atoms with van der Waals surface area (Å²) in [7, 11) is 0. The van der Waals surface area contributed by atoms with E-state index in [0.29, 0.717) is 0 Å². The van der Waals surface area contributed by atoms with Crippen LogP contribution in [-0.4, -0.2) is 26.4 Å². The molecule has 7 heteroatoms. The summed E-state index contributed by atoms with van der Waals surface area (Å²) >= 11 is 4.80. The standard InChI is InChI=1S/C22H25BrN4OS/c1-5-27-20(15-9-11-16(12-10-15)22(2,3)4)25-26-21(27)29-14-19(28)24-18-8-6-7-17(23)13-18/h6-13H,5,14H2,1-4H3,(H,24,28). The zero-order valence-corrected chi connectivity index (χ0v) is 19.5. The molecule has 0 bridgehead atoms. The Morgan fingerprint density at radius 3 is 2.48 bits per heavy atom. The lowest BCUT2D eigenvalue weighted by Gasteiger charge is -2.19. The molecular weight excluding hydrogens is 448 g/mol. The fraction of sp³-hybridized carbons (Fsp3) is 0.318. The molecular formula is C22H25BrN4OS. The van der Waals surface area contributed by atoms with Gasteiger partial charge in [-0.1, -0.05) is 78.8 Å². The van der Waals surface area contributed by atoms with E-state index in [-0.39, 0.29) is 17.1 Å². The average Bonchev–Trinajstić information content (AvgIpc) is 3.08. The summed E-state index contributed by atoms with van der Waals surface area (Å²) in [6.45, 7) is 9.39. The molecule has 1 heterocycles. The number of halogens is 1. The normalized spacial score (nSPS) is 11.5. The second-order valence-corrected chi connectivity index (χ2v) is 9.58. The Hall–Kier alpha value is -2.12. The van der Waals surface area contributed by atoms with Crippen LogP contribution in [0.1, 0.15) is 33.3 Å². The SMILES string of the molecule is CCn1c(SCC(=O)Nc2cccc(Br)c2)nnc1-c1ccc(C(C)(C)C)cc1. The topological polar surface area (TPSA) is 59.8 Å². The summed E-state index contributed by atoms with van der Waals surface area (Å²) in [5, 5.41) is 12.3. The van der Waals surface area contributed by atoms with Gasteiger partial charge in [-0.05, 0) is 36.1 Å². The second kappa shape index (κ2) is 9.13. The highest BCUT2D eigenvalue weighted by molar-refractivity contribution is 9.10. The lowest BCUT2D eigenvalue weighted by atomic mass is 9.87. The molecule has 2 aromatic carbocycles. The van der Waals surface area contributed by atoms with Crippen LogP contribution in [0.2, 0.25) is 0 Å². The Kier molecular flexibility index (Phi) is 6.80. The summed E-state index contributed by atoms with van der Waals surface area (Å²) in [5.41, 5.74) is 3.18. The third-order valence-electron chi connectivity index (χ3n) is 4.48. The van der Waals surface area contributed by atoms with E-state index < -0.39 is 0 Å². The Morgan fingerprint density at radius 2 is 1.86 bits per heavy atom. The molecule has 0 saturated heterocycles. The van der Waals surface area contributed by atoms with Gasteiger partial charge >= 0.3 is 0 Å². The number of thioether (sulfide) groups is 1. The number of nitrogens with one attached hydrogen (secondary N) is 1. The molecule has 0 radical (unpaired) electrons. The van der Waals surface area contributed by atoms with Crippen molar-refractivity contribution in [1.82, 2.24) is 14.8 Å². The molecule has 0 aliphatic heterocycles. The van der Waals surface area contributed by atoms with Gasteiger partial charge in [0, 0.05) is 22.3 Å². The summed E-state index contributed by atoms with van der Waals surface area (Å²) in [4.78, 5) is 12.3. The number of anilines is 1. The number of hydrogen-bond donors (Lipinski definition) is 1. The zero-order chi connectivity index (χ0) is 21.0. The minimum atomic E-state index is -0.0742. The van der Waals surface area contributed by atoms with Crippen LogP contribution in [0.15, 0.2) is 58.2 Å². The fourth-order valence-corrected chi connectivity index (χ4v) is 4.11. The Bertz CT molecular complexity index is 993. The van der Waals surface area contributed by atoms with Crippen LogP contribution in [0, 0.1) is 0 Å². The van der Waals surface area contributed by atoms with Crippen LogP contribution in [0.25, 0.3) is 11.4 Å². The number of hydrogen-bond acceptors (Lipinski definition) is 4. The fourth-order valence-electron chi connectivity index (χ4n) is 2.91. The molecule has 0 spiro atoms. The Morgan fingerprint density at radius 1 is 1.14 bits per heavy atom. The monoisotopic (exact) mass is 472 g/mol. The van der Waals surface area contributed by atoms with Gasteiger partial charge in [-0.25, -0.2) is 0 Å². The summed E-state index contributed by atoms with van der Waals surface area (Å²) < 4.78 is 2.97. The van der Waals surface area contributed by atoms with E-state index >= 15 is 0 Å². The van der Waals surface area contributed by atoms with Crippen molar-refractivity contribution in [3.05, 3.63) is 58.6 Å². The van der Waals surface area contributed by atoms with Crippen molar-refractivity contribution >= 4 is 39.3 Å². The van der Waals surface area contributed by atoms with E-state index in [1.807, 2.05) is 28.8 Å². The van der Waals surface area contributed by atoms with Gasteiger partial charge in [0.05, 0.1) is 5.75 Å². The first-order valence-electron chi connectivity index (χ1n) is 9.50. The molecule has 29 heavy (non-hydrogen) atoms. The molecule has 1 amide bonds. The van der Waals surface area contributed by atoms with Crippen LogP contribution in [-0.2, 0) is 16.8 Å². The largest absolute Gasteiger partial charge is 0.325 e. The van der Waals surface area contributed by atoms with E-state index in [9.17, 15) is 4.79 Å².